The molecule has 0 aliphatic heterocycles. The van der Waals surface area contributed by atoms with Crippen molar-refractivity contribution in [2.24, 2.45) is 5.92 Å². The summed E-state index contributed by atoms with van der Waals surface area (Å²) >= 11 is 0. The van der Waals surface area contributed by atoms with Gasteiger partial charge < -0.3 is 14.7 Å². The van der Waals surface area contributed by atoms with Crippen LogP contribution in [0.15, 0.2) is 24.3 Å². The van der Waals surface area contributed by atoms with E-state index < -0.39 is 6.10 Å². The number of nitrogens with zero attached hydrogens (tertiary/aromatic N) is 1. The monoisotopic (exact) mass is 293 g/mol. The van der Waals surface area contributed by atoms with Gasteiger partial charge in [-0.05, 0) is 44.9 Å². The molecule has 2 unspecified atom stereocenters. The Morgan fingerprint density at radius 1 is 1.19 bits per heavy atom. The molecule has 1 N–H and O–H groups in total. The maximum absolute atomic E-state index is 12.5. The zero-order valence-corrected chi connectivity index (χ0v) is 13.7. The standard InChI is InChI=1S/C17H27NO3/c1-12(2)18(11-14(4)19)17(20)13(3)10-15-6-8-16(21-5)9-7-15/h6-9,12-14,19H,10-11H2,1-5H3. The Bertz CT molecular complexity index is 440. The van der Waals surface area contributed by atoms with Gasteiger partial charge in [0.05, 0.1) is 13.2 Å². The van der Waals surface area contributed by atoms with E-state index in [0.29, 0.717) is 13.0 Å². The summed E-state index contributed by atoms with van der Waals surface area (Å²) in [5.41, 5.74) is 1.11. The Hall–Kier alpha value is -1.55. The van der Waals surface area contributed by atoms with Gasteiger partial charge in [0.2, 0.25) is 5.91 Å². The van der Waals surface area contributed by atoms with Crippen molar-refractivity contribution in [3.8, 4) is 5.75 Å². The summed E-state index contributed by atoms with van der Waals surface area (Å²) in [7, 11) is 1.64. The van der Waals surface area contributed by atoms with Gasteiger partial charge in [-0.2, -0.15) is 0 Å². The number of hydrogen-bond donors (Lipinski definition) is 1. The van der Waals surface area contributed by atoms with Gasteiger partial charge in [-0.25, -0.2) is 0 Å². The zero-order chi connectivity index (χ0) is 16.0. The van der Waals surface area contributed by atoms with Gasteiger partial charge in [0, 0.05) is 18.5 Å². The van der Waals surface area contributed by atoms with Crippen LogP contribution in [0.3, 0.4) is 0 Å². The molecule has 0 heterocycles. The quantitative estimate of drug-likeness (QED) is 0.840. The lowest BCUT2D eigenvalue weighted by molar-refractivity contribution is -0.138. The van der Waals surface area contributed by atoms with E-state index in [0.717, 1.165) is 11.3 Å². The normalized spacial score (nSPS) is 13.9. The highest BCUT2D eigenvalue weighted by Gasteiger charge is 2.24. The molecule has 0 radical (unpaired) electrons. The van der Waals surface area contributed by atoms with Crippen LogP contribution in [0.1, 0.15) is 33.3 Å². The summed E-state index contributed by atoms with van der Waals surface area (Å²) in [6.45, 7) is 7.96. The second kappa shape index (κ2) is 8.03. The minimum atomic E-state index is -0.510. The minimum Gasteiger partial charge on any atom is -0.497 e. The molecule has 1 amide bonds. The van der Waals surface area contributed by atoms with Crippen molar-refractivity contribution in [3.63, 3.8) is 0 Å². The van der Waals surface area contributed by atoms with Gasteiger partial charge in [0.25, 0.3) is 0 Å². The Morgan fingerprint density at radius 3 is 2.19 bits per heavy atom. The number of methoxy groups -OCH3 is 1. The van der Waals surface area contributed by atoms with E-state index in [1.54, 1.807) is 18.9 Å². The number of carbonyl (C=O) groups is 1. The van der Waals surface area contributed by atoms with E-state index in [-0.39, 0.29) is 17.9 Å². The van der Waals surface area contributed by atoms with Crippen molar-refractivity contribution in [3.05, 3.63) is 29.8 Å². The van der Waals surface area contributed by atoms with Crippen molar-refractivity contribution < 1.29 is 14.6 Å². The molecule has 0 aliphatic carbocycles. The highest BCUT2D eigenvalue weighted by molar-refractivity contribution is 5.79. The second-order valence-corrected chi connectivity index (χ2v) is 5.89. The van der Waals surface area contributed by atoms with Crippen LogP contribution < -0.4 is 4.74 Å². The largest absolute Gasteiger partial charge is 0.497 e. The molecule has 0 bridgehead atoms. The van der Waals surface area contributed by atoms with E-state index in [2.05, 4.69) is 0 Å². The van der Waals surface area contributed by atoms with Crippen molar-refractivity contribution in [1.82, 2.24) is 4.90 Å². The Balaban J connectivity index is 2.71. The van der Waals surface area contributed by atoms with Gasteiger partial charge in [-0.15, -0.1) is 0 Å². The lowest BCUT2D eigenvalue weighted by Crippen LogP contribution is -2.44. The molecule has 4 nitrogen and oxygen atoms in total. The maximum Gasteiger partial charge on any atom is 0.226 e. The average Bonchev–Trinajstić information content (AvgIpc) is 2.44. The first-order valence-corrected chi connectivity index (χ1v) is 7.46. The van der Waals surface area contributed by atoms with Crippen LogP contribution in [0.2, 0.25) is 0 Å². The summed E-state index contributed by atoms with van der Waals surface area (Å²) in [5.74, 6) is 0.789. The van der Waals surface area contributed by atoms with Crippen LogP contribution in [-0.2, 0) is 11.2 Å². The molecule has 2 atom stereocenters. The van der Waals surface area contributed by atoms with E-state index in [4.69, 9.17) is 4.74 Å². The predicted molar refractivity (Wildman–Crippen MR) is 84.4 cm³/mol. The molecule has 1 aromatic carbocycles. The highest BCUT2D eigenvalue weighted by atomic mass is 16.5. The molecule has 0 aromatic heterocycles. The summed E-state index contributed by atoms with van der Waals surface area (Å²) < 4.78 is 5.13. The molecule has 0 fully saturated rings. The van der Waals surface area contributed by atoms with Crippen molar-refractivity contribution >= 4 is 5.91 Å². The number of carbonyl (C=O) groups excluding carboxylic acids is 1. The first-order valence-electron chi connectivity index (χ1n) is 7.46. The molecule has 1 aromatic rings. The Labute approximate surface area is 127 Å². The number of aliphatic hydroxyl groups excluding tert-OH is 1. The molecule has 0 spiro atoms. The number of rotatable bonds is 7. The summed E-state index contributed by atoms with van der Waals surface area (Å²) in [6.07, 6.45) is 0.177. The zero-order valence-electron chi connectivity index (χ0n) is 13.7. The second-order valence-electron chi connectivity index (χ2n) is 5.89. The number of benzene rings is 1. The molecular weight excluding hydrogens is 266 g/mol. The first-order chi connectivity index (χ1) is 9.85. The summed E-state index contributed by atoms with van der Waals surface area (Å²) in [6, 6.07) is 7.87. The fourth-order valence-corrected chi connectivity index (χ4v) is 2.33. The number of ether oxygens (including phenoxy) is 1. The fraction of sp³-hybridized carbons (Fsp3) is 0.588. The maximum atomic E-state index is 12.5. The third-order valence-corrected chi connectivity index (χ3v) is 3.49. The van der Waals surface area contributed by atoms with Crippen LogP contribution in [-0.4, -0.2) is 41.7 Å². The first kappa shape index (κ1) is 17.5. The van der Waals surface area contributed by atoms with E-state index in [1.165, 1.54) is 0 Å². The smallest absolute Gasteiger partial charge is 0.226 e. The number of hydrogen-bond acceptors (Lipinski definition) is 3. The third kappa shape index (κ3) is 5.38. The van der Waals surface area contributed by atoms with Gasteiger partial charge in [0.1, 0.15) is 5.75 Å². The summed E-state index contributed by atoms with van der Waals surface area (Å²) in [5, 5.41) is 9.54. The predicted octanol–water partition coefficient (Wildman–Crippen LogP) is 2.49. The van der Waals surface area contributed by atoms with Gasteiger partial charge in [-0.1, -0.05) is 19.1 Å². The molecule has 0 saturated heterocycles. The SMILES string of the molecule is COc1ccc(CC(C)C(=O)N(CC(C)O)C(C)C)cc1. The van der Waals surface area contributed by atoms with Crippen LogP contribution >= 0.6 is 0 Å². The molecule has 0 saturated carbocycles. The van der Waals surface area contributed by atoms with Crippen LogP contribution in [0.5, 0.6) is 5.75 Å². The Kier molecular flexibility index (Phi) is 6.69. The fourth-order valence-electron chi connectivity index (χ4n) is 2.33. The summed E-state index contributed by atoms with van der Waals surface area (Å²) in [4.78, 5) is 14.3. The topological polar surface area (TPSA) is 49.8 Å². The van der Waals surface area contributed by atoms with Gasteiger partial charge in [-0.3, -0.25) is 4.79 Å². The van der Waals surface area contributed by atoms with E-state index >= 15 is 0 Å². The van der Waals surface area contributed by atoms with Crippen molar-refractivity contribution in [1.29, 1.82) is 0 Å². The van der Waals surface area contributed by atoms with Crippen molar-refractivity contribution in [2.75, 3.05) is 13.7 Å². The van der Waals surface area contributed by atoms with E-state index in [1.807, 2.05) is 45.0 Å². The van der Waals surface area contributed by atoms with Crippen molar-refractivity contribution in [2.45, 2.75) is 46.3 Å². The number of amides is 1. The number of aliphatic hydroxyl groups is 1. The average molecular weight is 293 g/mol. The molecular formula is C17H27NO3. The molecule has 21 heavy (non-hydrogen) atoms. The van der Waals surface area contributed by atoms with Crippen LogP contribution in [0.4, 0.5) is 0 Å². The third-order valence-electron chi connectivity index (χ3n) is 3.49. The molecule has 118 valence electrons. The minimum absolute atomic E-state index is 0.0849. The lowest BCUT2D eigenvalue weighted by atomic mass is 9.99. The van der Waals surface area contributed by atoms with Crippen LogP contribution in [0.25, 0.3) is 0 Å². The van der Waals surface area contributed by atoms with Crippen LogP contribution in [0, 0.1) is 5.92 Å². The highest BCUT2D eigenvalue weighted by Crippen LogP contribution is 2.17. The van der Waals surface area contributed by atoms with Gasteiger partial charge >= 0.3 is 0 Å². The van der Waals surface area contributed by atoms with E-state index in [9.17, 15) is 9.90 Å². The molecule has 1 rings (SSSR count). The molecule has 0 aliphatic rings. The van der Waals surface area contributed by atoms with Gasteiger partial charge in [0.15, 0.2) is 0 Å². The molecule has 4 heteroatoms. The lowest BCUT2D eigenvalue weighted by Gasteiger charge is -2.30. The Morgan fingerprint density at radius 2 is 1.76 bits per heavy atom.